The van der Waals surface area contributed by atoms with E-state index in [1.54, 1.807) is 0 Å². The average Bonchev–Trinajstić information content (AvgIpc) is 2.57. The van der Waals surface area contributed by atoms with Gasteiger partial charge in [-0.3, -0.25) is 0 Å². The number of ether oxygens (including phenoxy) is 1. The second kappa shape index (κ2) is 4.76. The van der Waals surface area contributed by atoms with E-state index in [2.05, 4.69) is 0 Å². The molecule has 0 spiro atoms. The van der Waals surface area contributed by atoms with Gasteiger partial charge >= 0.3 is 7.12 Å². The molecule has 0 saturated carbocycles. The minimum absolute atomic E-state index is 0.0623. The van der Waals surface area contributed by atoms with Crippen molar-refractivity contribution >= 4 is 12.6 Å². The SMILES string of the molecule is COc1c(F)cc(B2OC(C)(C)C(C)(C)O2)cc1C#N. The van der Waals surface area contributed by atoms with Gasteiger partial charge in [-0.25, -0.2) is 4.39 Å². The lowest BCUT2D eigenvalue weighted by Crippen LogP contribution is -2.41. The van der Waals surface area contributed by atoms with Crippen LogP contribution in [0.15, 0.2) is 12.1 Å². The lowest BCUT2D eigenvalue weighted by atomic mass is 9.78. The zero-order chi connectivity index (χ0) is 15.1. The van der Waals surface area contributed by atoms with Crippen molar-refractivity contribution in [2.24, 2.45) is 0 Å². The second-order valence-corrected chi connectivity index (χ2v) is 5.78. The molecule has 0 bridgehead atoms. The maximum atomic E-state index is 13.9. The van der Waals surface area contributed by atoms with E-state index in [-0.39, 0.29) is 11.3 Å². The third-order valence-electron chi connectivity index (χ3n) is 3.92. The minimum Gasteiger partial charge on any atom is -0.492 e. The van der Waals surface area contributed by atoms with Crippen LogP contribution in [0.25, 0.3) is 0 Å². The molecule has 1 aliphatic rings. The highest BCUT2D eigenvalue weighted by Crippen LogP contribution is 2.36. The molecule has 1 aliphatic heterocycles. The normalized spacial score (nSPS) is 19.8. The topological polar surface area (TPSA) is 51.5 Å². The summed E-state index contributed by atoms with van der Waals surface area (Å²) in [4.78, 5) is 0. The lowest BCUT2D eigenvalue weighted by molar-refractivity contribution is 0.00578. The molecule has 0 radical (unpaired) electrons. The summed E-state index contributed by atoms with van der Waals surface area (Å²) in [6.45, 7) is 7.66. The van der Waals surface area contributed by atoms with Crippen molar-refractivity contribution in [1.29, 1.82) is 5.26 Å². The highest BCUT2D eigenvalue weighted by atomic mass is 19.1. The van der Waals surface area contributed by atoms with Crippen LogP contribution >= 0.6 is 0 Å². The van der Waals surface area contributed by atoms with E-state index in [4.69, 9.17) is 19.3 Å². The molecule has 1 aromatic carbocycles. The Hall–Kier alpha value is -1.58. The first-order chi connectivity index (χ1) is 9.21. The van der Waals surface area contributed by atoms with Crippen LogP contribution in [0.2, 0.25) is 0 Å². The quantitative estimate of drug-likeness (QED) is 0.776. The maximum Gasteiger partial charge on any atom is 0.494 e. The van der Waals surface area contributed by atoms with E-state index in [1.807, 2.05) is 33.8 Å². The summed E-state index contributed by atoms with van der Waals surface area (Å²) in [7, 11) is 0.626. The van der Waals surface area contributed by atoms with Gasteiger partial charge in [-0.1, -0.05) is 0 Å². The molecule has 0 N–H and O–H groups in total. The van der Waals surface area contributed by atoms with Crippen LogP contribution in [-0.4, -0.2) is 25.4 Å². The van der Waals surface area contributed by atoms with Crippen LogP contribution in [0.3, 0.4) is 0 Å². The van der Waals surface area contributed by atoms with E-state index >= 15 is 0 Å². The molecule has 6 heteroatoms. The largest absolute Gasteiger partial charge is 0.494 e. The fourth-order valence-corrected chi connectivity index (χ4v) is 2.02. The van der Waals surface area contributed by atoms with Gasteiger partial charge < -0.3 is 14.0 Å². The predicted octanol–water partition coefficient (Wildman–Crippen LogP) is 2.01. The number of rotatable bonds is 2. The molecule has 0 amide bonds. The number of nitriles is 1. The summed E-state index contributed by atoms with van der Waals surface area (Å²) >= 11 is 0. The van der Waals surface area contributed by atoms with Gasteiger partial charge in [0.1, 0.15) is 6.07 Å². The summed E-state index contributed by atoms with van der Waals surface area (Å²) in [5.74, 6) is -0.663. The Morgan fingerprint density at radius 3 is 2.20 bits per heavy atom. The molecular weight excluding hydrogens is 260 g/mol. The van der Waals surface area contributed by atoms with Crippen LogP contribution in [-0.2, 0) is 9.31 Å². The number of nitrogens with zero attached hydrogens (tertiary/aromatic N) is 1. The molecule has 0 atom stereocenters. The first-order valence-electron chi connectivity index (χ1n) is 6.35. The zero-order valence-corrected chi connectivity index (χ0v) is 12.3. The molecule has 2 rings (SSSR count). The van der Waals surface area contributed by atoms with E-state index in [9.17, 15) is 4.39 Å². The maximum absolute atomic E-state index is 13.9. The Morgan fingerprint density at radius 1 is 1.20 bits per heavy atom. The molecule has 1 heterocycles. The van der Waals surface area contributed by atoms with E-state index in [0.29, 0.717) is 5.46 Å². The van der Waals surface area contributed by atoms with Crippen LogP contribution in [0.1, 0.15) is 33.3 Å². The van der Waals surface area contributed by atoms with E-state index in [0.717, 1.165) is 0 Å². The number of methoxy groups -OCH3 is 1. The third kappa shape index (κ3) is 2.28. The summed E-state index contributed by atoms with van der Waals surface area (Å²) in [6.07, 6.45) is 0. The molecule has 4 nitrogen and oxygen atoms in total. The highest BCUT2D eigenvalue weighted by Gasteiger charge is 2.51. The van der Waals surface area contributed by atoms with Crippen molar-refractivity contribution in [3.05, 3.63) is 23.5 Å². The minimum atomic E-state index is -0.701. The van der Waals surface area contributed by atoms with Crippen molar-refractivity contribution in [3.63, 3.8) is 0 Å². The molecule has 106 valence electrons. The molecule has 1 saturated heterocycles. The summed E-state index contributed by atoms with van der Waals surface area (Å²) in [6, 6.07) is 4.73. The Kier molecular flexibility index (Phi) is 3.53. The van der Waals surface area contributed by atoms with Gasteiger partial charge in [-0.05, 0) is 45.3 Å². The van der Waals surface area contributed by atoms with Gasteiger partial charge in [0.15, 0.2) is 11.6 Å². The fraction of sp³-hybridized carbons (Fsp3) is 0.500. The molecule has 1 aromatic rings. The third-order valence-corrected chi connectivity index (χ3v) is 3.92. The number of hydrogen-bond donors (Lipinski definition) is 0. The Bertz CT molecular complexity index is 565. The standard InChI is InChI=1S/C14H17BFNO3/c1-13(2)14(3,4)20-15(19-13)10-6-9(8-17)12(18-5)11(16)7-10/h6-7H,1-5H3. The van der Waals surface area contributed by atoms with E-state index < -0.39 is 24.1 Å². The van der Waals surface area contributed by atoms with Crippen molar-refractivity contribution in [3.8, 4) is 11.8 Å². The summed E-state index contributed by atoms with van der Waals surface area (Å²) in [5, 5.41) is 9.07. The van der Waals surface area contributed by atoms with Crippen LogP contribution in [0.5, 0.6) is 5.75 Å². The monoisotopic (exact) mass is 277 g/mol. The van der Waals surface area contributed by atoms with Gasteiger partial charge in [0.2, 0.25) is 0 Å². The second-order valence-electron chi connectivity index (χ2n) is 5.78. The number of halogens is 1. The van der Waals surface area contributed by atoms with Crippen molar-refractivity contribution in [1.82, 2.24) is 0 Å². The van der Waals surface area contributed by atoms with Gasteiger partial charge in [-0.15, -0.1) is 0 Å². The van der Waals surface area contributed by atoms with Gasteiger partial charge in [0.25, 0.3) is 0 Å². The molecule has 0 aromatic heterocycles. The van der Waals surface area contributed by atoms with Crippen molar-refractivity contribution < 1.29 is 18.4 Å². The number of benzene rings is 1. The fourth-order valence-electron chi connectivity index (χ4n) is 2.02. The Morgan fingerprint density at radius 2 is 1.75 bits per heavy atom. The lowest BCUT2D eigenvalue weighted by Gasteiger charge is -2.32. The van der Waals surface area contributed by atoms with Crippen LogP contribution in [0.4, 0.5) is 4.39 Å². The van der Waals surface area contributed by atoms with Crippen molar-refractivity contribution in [2.75, 3.05) is 7.11 Å². The van der Waals surface area contributed by atoms with Gasteiger partial charge in [0.05, 0.1) is 23.9 Å². The molecule has 0 unspecified atom stereocenters. The molecular formula is C14H17BFNO3. The van der Waals surface area contributed by atoms with E-state index in [1.165, 1.54) is 19.2 Å². The Balaban J connectivity index is 2.42. The van der Waals surface area contributed by atoms with Gasteiger partial charge in [0, 0.05) is 0 Å². The predicted molar refractivity (Wildman–Crippen MR) is 73.4 cm³/mol. The molecule has 0 aliphatic carbocycles. The van der Waals surface area contributed by atoms with Crippen LogP contribution in [0, 0.1) is 17.1 Å². The number of hydrogen-bond acceptors (Lipinski definition) is 4. The first-order valence-corrected chi connectivity index (χ1v) is 6.35. The first kappa shape index (κ1) is 14.8. The van der Waals surface area contributed by atoms with Crippen molar-refractivity contribution in [2.45, 2.75) is 38.9 Å². The van der Waals surface area contributed by atoms with Gasteiger partial charge in [-0.2, -0.15) is 5.26 Å². The zero-order valence-electron chi connectivity index (χ0n) is 12.3. The summed E-state index contributed by atoms with van der Waals surface area (Å²) < 4.78 is 30.5. The smallest absolute Gasteiger partial charge is 0.492 e. The molecule has 1 fully saturated rings. The summed E-state index contributed by atoms with van der Waals surface area (Å²) in [5.41, 5.74) is -0.433. The van der Waals surface area contributed by atoms with Crippen LogP contribution < -0.4 is 10.2 Å². The average molecular weight is 277 g/mol. The highest BCUT2D eigenvalue weighted by molar-refractivity contribution is 6.62. The molecule has 20 heavy (non-hydrogen) atoms. The Labute approximate surface area is 118 Å².